The van der Waals surface area contributed by atoms with E-state index in [0.717, 1.165) is 23.9 Å². The van der Waals surface area contributed by atoms with E-state index in [0.29, 0.717) is 4.47 Å². The van der Waals surface area contributed by atoms with Crippen LogP contribution >= 0.6 is 27.7 Å². The van der Waals surface area contributed by atoms with Crippen molar-refractivity contribution in [1.29, 1.82) is 0 Å². The quantitative estimate of drug-likeness (QED) is 0.833. The van der Waals surface area contributed by atoms with Gasteiger partial charge in [0.2, 0.25) is 5.91 Å². The molecule has 0 unspecified atom stereocenters. The van der Waals surface area contributed by atoms with Crippen LogP contribution in [-0.2, 0) is 15.8 Å². The summed E-state index contributed by atoms with van der Waals surface area (Å²) in [7, 11) is 0. The number of hydrogen-bond acceptors (Lipinski definition) is 3. The van der Waals surface area contributed by atoms with Gasteiger partial charge in [-0.05, 0) is 34.1 Å². The molecule has 0 aliphatic rings. The summed E-state index contributed by atoms with van der Waals surface area (Å²) in [6.45, 7) is 0. The van der Waals surface area contributed by atoms with Gasteiger partial charge in [0.15, 0.2) is 0 Å². The first-order valence-electron chi connectivity index (χ1n) is 5.16. The first kappa shape index (κ1) is 16.8. The standard InChI is InChI=1S/C11H9BrF3NO3S/c12-7-2-1-6(11(13,14)15)3-8(7)16-9(17)4-20-5-10(18)19/h1-3H,4-5H2,(H,16,17)(H,18,19). The Kier molecular flexibility index (Phi) is 5.88. The van der Waals surface area contributed by atoms with Gasteiger partial charge in [-0.25, -0.2) is 0 Å². The maximum Gasteiger partial charge on any atom is 0.416 e. The largest absolute Gasteiger partial charge is 0.481 e. The number of amides is 1. The van der Waals surface area contributed by atoms with Gasteiger partial charge in [-0.3, -0.25) is 9.59 Å². The second-order valence-electron chi connectivity index (χ2n) is 3.63. The molecule has 0 saturated carbocycles. The molecule has 0 spiro atoms. The summed E-state index contributed by atoms with van der Waals surface area (Å²) in [6, 6.07) is 2.88. The van der Waals surface area contributed by atoms with Gasteiger partial charge in [-0.2, -0.15) is 13.2 Å². The van der Waals surface area contributed by atoms with E-state index in [4.69, 9.17) is 5.11 Å². The zero-order valence-corrected chi connectivity index (χ0v) is 12.2. The summed E-state index contributed by atoms with van der Waals surface area (Å²) >= 11 is 3.89. The molecule has 0 fully saturated rings. The molecule has 0 aromatic heterocycles. The van der Waals surface area contributed by atoms with Gasteiger partial charge in [-0.1, -0.05) is 0 Å². The number of hydrogen-bond donors (Lipinski definition) is 2. The van der Waals surface area contributed by atoms with E-state index in [1.165, 1.54) is 6.07 Å². The molecule has 0 heterocycles. The van der Waals surface area contributed by atoms with Crippen LogP contribution in [-0.4, -0.2) is 28.5 Å². The molecule has 2 N–H and O–H groups in total. The van der Waals surface area contributed by atoms with Gasteiger partial charge in [0.25, 0.3) is 0 Å². The van der Waals surface area contributed by atoms with Crippen LogP contribution in [0.2, 0.25) is 0 Å². The molecule has 0 aliphatic heterocycles. The Balaban J connectivity index is 2.71. The maximum absolute atomic E-state index is 12.5. The molecule has 1 aromatic carbocycles. The number of thioether (sulfide) groups is 1. The second-order valence-corrected chi connectivity index (χ2v) is 5.47. The van der Waals surface area contributed by atoms with Crippen LogP contribution in [0, 0.1) is 0 Å². The van der Waals surface area contributed by atoms with Crippen LogP contribution < -0.4 is 5.32 Å². The molecule has 4 nitrogen and oxygen atoms in total. The van der Waals surface area contributed by atoms with Crippen molar-refractivity contribution in [2.75, 3.05) is 16.8 Å². The molecule has 9 heteroatoms. The average Bonchev–Trinajstić information content (AvgIpc) is 2.30. The Morgan fingerprint density at radius 3 is 2.50 bits per heavy atom. The highest BCUT2D eigenvalue weighted by Crippen LogP contribution is 2.33. The molecule has 0 radical (unpaired) electrons. The SMILES string of the molecule is O=C(O)CSCC(=O)Nc1cc(C(F)(F)F)ccc1Br. The van der Waals surface area contributed by atoms with E-state index < -0.39 is 23.6 Å². The molecule has 1 aromatic rings. The Hall–Kier alpha value is -1.22. The molecule has 0 saturated heterocycles. The molecule has 1 rings (SSSR count). The summed E-state index contributed by atoms with van der Waals surface area (Å²) in [5, 5.41) is 10.7. The summed E-state index contributed by atoms with van der Waals surface area (Å²) in [4.78, 5) is 21.7. The number of anilines is 1. The Morgan fingerprint density at radius 2 is 1.95 bits per heavy atom. The summed E-state index contributed by atoms with van der Waals surface area (Å²) in [5.41, 5.74) is -0.894. The maximum atomic E-state index is 12.5. The number of nitrogens with one attached hydrogen (secondary N) is 1. The van der Waals surface area contributed by atoms with Crippen molar-refractivity contribution in [2.24, 2.45) is 0 Å². The molecule has 0 atom stereocenters. The number of carbonyl (C=O) groups excluding carboxylic acids is 1. The fourth-order valence-corrected chi connectivity index (χ4v) is 2.09. The van der Waals surface area contributed by atoms with Gasteiger partial charge in [-0.15, -0.1) is 11.8 Å². The summed E-state index contributed by atoms with van der Waals surface area (Å²) < 4.78 is 37.9. The van der Waals surface area contributed by atoms with Crippen LogP contribution in [0.3, 0.4) is 0 Å². The molecule has 0 bridgehead atoms. The van der Waals surface area contributed by atoms with E-state index in [2.05, 4.69) is 21.2 Å². The number of benzene rings is 1. The third-order valence-corrected chi connectivity index (χ3v) is 3.64. The predicted octanol–water partition coefficient (Wildman–Crippen LogP) is 3.22. The molecule has 0 aliphatic carbocycles. The lowest BCUT2D eigenvalue weighted by atomic mass is 10.2. The fourth-order valence-electron chi connectivity index (χ4n) is 1.21. The minimum atomic E-state index is -4.50. The smallest absolute Gasteiger partial charge is 0.416 e. The van der Waals surface area contributed by atoms with Crippen LogP contribution in [0.4, 0.5) is 18.9 Å². The number of carbonyl (C=O) groups is 2. The first-order chi connectivity index (χ1) is 9.20. The number of halogens is 4. The van der Waals surface area contributed by atoms with Crippen LogP contribution in [0.15, 0.2) is 22.7 Å². The normalized spacial score (nSPS) is 11.2. The van der Waals surface area contributed by atoms with E-state index in [1.54, 1.807) is 0 Å². The lowest BCUT2D eigenvalue weighted by Crippen LogP contribution is -2.16. The number of carboxylic acids is 1. The van der Waals surface area contributed by atoms with Crippen molar-refractivity contribution >= 4 is 45.3 Å². The van der Waals surface area contributed by atoms with Gasteiger partial charge >= 0.3 is 12.1 Å². The zero-order valence-electron chi connectivity index (χ0n) is 9.83. The number of carboxylic acid groups (broad SMARTS) is 1. The van der Waals surface area contributed by atoms with Gasteiger partial charge in [0, 0.05) is 4.47 Å². The Morgan fingerprint density at radius 1 is 1.30 bits per heavy atom. The van der Waals surface area contributed by atoms with E-state index >= 15 is 0 Å². The van der Waals surface area contributed by atoms with Crippen molar-refractivity contribution in [3.8, 4) is 0 Å². The lowest BCUT2D eigenvalue weighted by molar-refractivity contribution is -0.137. The van der Waals surface area contributed by atoms with E-state index in [9.17, 15) is 22.8 Å². The lowest BCUT2D eigenvalue weighted by Gasteiger charge is -2.11. The minimum Gasteiger partial charge on any atom is -0.481 e. The fraction of sp³-hybridized carbons (Fsp3) is 0.273. The summed E-state index contributed by atoms with van der Waals surface area (Å²) in [5.74, 6) is -2.05. The topological polar surface area (TPSA) is 66.4 Å². The third kappa shape index (κ3) is 5.41. The van der Waals surface area contributed by atoms with Crippen LogP contribution in [0.25, 0.3) is 0 Å². The first-order valence-corrected chi connectivity index (χ1v) is 7.11. The van der Waals surface area contributed by atoms with Gasteiger partial charge in [0.05, 0.1) is 22.8 Å². The van der Waals surface area contributed by atoms with Crippen LogP contribution in [0.5, 0.6) is 0 Å². The van der Waals surface area contributed by atoms with E-state index in [1.807, 2.05) is 0 Å². The van der Waals surface area contributed by atoms with Crippen molar-refractivity contribution < 1.29 is 27.9 Å². The molecule has 1 amide bonds. The Labute approximate surface area is 124 Å². The van der Waals surface area contributed by atoms with Crippen molar-refractivity contribution in [1.82, 2.24) is 0 Å². The van der Waals surface area contributed by atoms with Gasteiger partial charge < -0.3 is 10.4 Å². The highest BCUT2D eigenvalue weighted by Gasteiger charge is 2.31. The zero-order chi connectivity index (χ0) is 15.3. The van der Waals surface area contributed by atoms with Crippen molar-refractivity contribution in [3.63, 3.8) is 0 Å². The second kappa shape index (κ2) is 6.98. The summed E-state index contributed by atoms with van der Waals surface area (Å²) in [6.07, 6.45) is -4.50. The molecular formula is C11H9BrF3NO3S. The van der Waals surface area contributed by atoms with Crippen molar-refractivity contribution in [2.45, 2.75) is 6.18 Å². The number of rotatable bonds is 5. The van der Waals surface area contributed by atoms with E-state index in [-0.39, 0.29) is 17.2 Å². The predicted molar refractivity (Wildman–Crippen MR) is 72.7 cm³/mol. The third-order valence-electron chi connectivity index (χ3n) is 2.03. The highest BCUT2D eigenvalue weighted by molar-refractivity contribution is 9.10. The number of aliphatic carboxylic acids is 1. The van der Waals surface area contributed by atoms with Crippen LogP contribution in [0.1, 0.15) is 5.56 Å². The minimum absolute atomic E-state index is 0.0132. The molecule has 20 heavy (non-hydrogen) atoms. The van der Waals surface area contributed by atoms with Crippen molar-refractivity contribution in [3.05, 3.63) is 28.2 Å². The Bertz CT molecular complexity index is 522. The highest BCUT2D eigenvalue weighted by atomic mass is 79.9. The monoisotopic (exact) mass is 371 g/mol. The molecule has 110 valence electrons. The van der Waals surface area contributed by atoms with Gasteiger partial charge in [0.1, 0.15) is 0 Å². The molecular weight excluding hydrogens is 363 g/mol. The average molecular weight is 372 g/mol. The number of alkyl halides is 3.